The lowest BCUT2D eigenvalue weighted by Gasteiger charge is -2.17. The van der Waals surface area contributed by atoms with E-state index in [2.05, 4.69) is 13.2 Å². The molecule has 0 radical (unpaired) electrons. The van der Waals surface area contributed by atoms with Gasteiger partial charge in [-0.25, -0.2) is 19.2 Å². The highest BCUT2D eigenvalue weighted by atomic mass is 16.4. The Bertz CT molecular complexity index is 987. The van der Waals surface area contributed by atoms with Gasteiger partial charge in [0.1, 0.15) is 0 Å². The summed E-state index contributed by atoms with van der Waals surface area (Å²) in [4.78, 5) is 44.0. The summed E-state index contributed by atoms with van der Waals surface area (Å²) in [6.45, 7) is 9.79. The minimum absolute atomic E-state index is 0.0151. The van der Waals surface area contributed by atoms with Gasteiger partial charge in [0.2, 0.25) is 0 Å². The summed E-state index contributed by atoms with van der Waals surface area (Å²) in [5.74, 6) is -6.01. The zero-order valence-corrected chi connectivity index (χ0v) is 19.8. The van der Waals surface area contributed by atoms with E-state index in [9.17, 15) is 29.4 Å². The van der Waals surface area contributed by atoms with Gasteiger partial charge >= 0.3 is 23.9 Å². The summed E-state index contributed by atoms with van der Waals surface area (Å²) in [6.07, 6.45) is 3.79. The molecular weight excluding hydrogens is 456 g/mol. The molecule has 1 aromatic rings. The molecule has 9 nitrogen and oxygen atoms in total. The van der Waals surface area contributed by atoms with Crippen LogP contribution >= 0.6 is 0 Å². The molecule has 5 N–H and O–H groups in total. The van der Waals surface area contributed by atoms with Gasteiger partial charge in [0.05, 0.1) is 0 Å². The fraction of sp³-hybridized carbons (Fsp3) is 0.308. The minimum Gasteiger partial charge on any atom is -0.478 e. The van der Waals surface area contributed by atoms with E-state index in [1.807, 2.05) is 18.2 Å². The van der Waals surface area contributed by atoms with Crippen molar-refractivity contribution < 1.29 is 44.7 Å². The zero-order chi connectivity index (χ0) is 27.1. The molecule has 190 valence electrons. The highest BCUT2D eigenvalue weighted by Gasteiger charge is 2.22. The fourth-order valence-corrected chi connectivity index (χ4v) is 2.88. The van der Waals surface area contributed by atoms with Gasteiger partial charge in [-0.1, -0.05) is 62.6 Å². The van der Waals surface area contributed by atoms with E-state index in [1.165, 1.54) is 19.1 Å². The Morgan fingerprint density at radius 2 is 1.46 bits per heavy atom. The van der Waals surface area contributed by atoms with Crippen LogP contribution < -0.4 is 0 Å². The number of allylic oxidation sites excluding steroid dienone is 2. The second-order valence-corrected chi connectivity index (χ2v) is 7.73. The van der Waals surface area contributed by atoms with E-state index < -0.39 is 35.7 Å². The monoisotopic (exact) mass is 488 g/mol. The van der Waals surface area contributed by atoms with E-state index in [4.69, 9.17) is 15.3 Å². The van der Waals surface area contributed by atoms with Crippen molar-refractivity contribution in [2.24, 2.45) is 11.8 Å². The molecule has 0 bridgehead atoms. The van der Waals surface area contributed by atoms with Crippen molar-refractivity contribution in [2.45, 2.75) is 33.1 Å². The Balaban J connectivity index is 0.00000109. The van der Waals surface area contributed by atoms with Crippen LogP contribution in [-0.2, 0) is 25.6 Å². The van der Waals surface area contributed by atoms with Crippen molar-refractivity contribution in [3.63, 3.8) is 0 Å². The van der Waals surface area contributed by atoms with Gasteiger partial charge in [0.25, 0.3) is 0 Å². The lowest BCUT2D eigenvalue weighted by atomic mass is 9.87. The van der Waals surface area contributed by atoms with Crippen molar-refractivity contribution in [2.75, 3.05) is 6.61 Å². The third-order valence-electron chi connectivity index (χ3n) is 4.92. The maximum atomic E-state index is 11.7. The van der Waals surface area contributed by atoms with Gasteiger partial charge in [0, 0.05) is 40.7 Å². The Kier molecular flexibility index (Phi) is 14.0. The predicted molar refractivity (Wildman–Crippen MR) is 130 cm³/mol. The molecule has 2 atom stereocenters. The Morgan fingerprint density at radius 1 is 0.886 bits per heavy atom. The van der Waals surface area contributed by atoms with Crippen LogP contribution in [0.15, 0.2) is 77.9 Å². The molecule has 0 fully saturated rings. The highest BCUT2D eigenvalue weighted by Crippen LogP contribution is 2.24. The van der Waals surface area contributed by atoms with E-state index in [0.29, 0.717) is 12.8 Å². The quantitative estimate of drug-likeness (QED) is 0.260. The SMILES string of the molecule is C=C(C(=O)O)C(C=C(C(=O)O)C(C)C=C(C)C(=O)O)Cc1ccccc1.C=C(CCCO)C(=O)O. The summed E-state index contributed by atoms with van der Waals surface area (Å²) >= 11 is 0. The molecule has 0 aliphatic rings. The van der Waals surface area contributed by atoms with Crippen molar-refractivity contribution in [1.29, 1.82) is 0 Å². The number of aliphatic carboxylic acids is 4. The smallest absolute Gasteiger partial charge is 0.331 e. The van der Waals surface area contributed by atoms with Crippen molar-refractivity contribution in [3.05, 3.63) is 83.5 Å². The molecule has 9 heteroatoms. The van der Waals surface area contributed by atoms with Crippen LogP contribution in [0, 0.1) is 11.8 Å². The molecule has 2 unspecified atom stereocenters. The standard InChI is InChI=1S/C20H22O6.C6H10O3/c1-12(9-13(2)18(21)22)17(20(25)26)11-16(14(3)19(23)24)10-15-7-5-4-6-8-15;1-5(6(8)9)3-2-4-7/h4-9,11-12,16H,3,10H2,1-2H3,(H,21,22)(H,23,24)(H,25,26);7H,1-4H2,(H,8,9). The molecule has 35 heavy (non-hydrogen) atoms. The average molecular weight is 489 g/mol. The van der Waals surface area contributed by atoms with Crippen LogP contribution in [0.25, 0.3) is 0 Å². The molecule has 0 amide bonds. The first-order valence-electron chi connectivity index (χ1n) is 10.7. The second-order valence-electron chi connectivity index (χ2n) is 7.73. The lowest BCUT2D eigenvalue weighted by molar-refractivity contribution is -0.134. The van der Waals surface area contributed by atoms with Gasteiger partial charge < -0.3 is 25.5 Å². The minimum atomic E-state index is -1.23. The van der Waals surface area contributed by atoms with Crippen molar-refractivity contribution in [3.8, 4) is 0 Å². The summed E-state index contributed by atoms with van der Waals surface area (Å²) in [5.41, 5.74) is 0.809. The van der Waals surface area contributed by atoms with Crippen LogP contribution in [0.1, 0.15) is 32.3 Å². The number of carboxylic acids is 4. The Hall–Kier alpha value is -3.98. The zero-order valence-electron chi connectivity index (χ0n) is 19.8. The van der Waals surface area contributed by atoms with Gasteiger partial charge in [0.15, 0.2) is 0 Å². The Labute approximate surface area is 204 Å². The molecule has 0 aliphatic carbocycles. The largest absolute Gasteiger partial charge is 0.478 e. The Morgan fingerprint density at radius 3 is 1.89 bits per heavy atom. The first-order valence-corrected chi connectivity index (χ1v) is 10.7. The van der Waals surface area contributed by atoms with E-state index >= 15 is 0 Å². The summed E-state index contributed by atoms with van der Waals surface area (Å²) in [5, 5.41) is 44.2. The van der Waals surface area contributed by atoms with Crippen LogP contribution in [0.3, 0.4) is 0 Å². The number of aliphatic hydroxyl groups is 1. The maximum absolute atomic E-state index is 11.7. The van der Waals surface area contributed by atoms with Gasteiger partial charge in [-0.2, -0.15) is 0 Å². The fourth-order valence-electron chi connectivity index (χ4n) is 2.88. The van der Waals surface area contributed by atoms with Crippen LogP contribution in [0.2, 0.25) is 0 Å². The van der Waals surface area contributed by atoms with E-state index in [1.54, 1.807) is 19.1 Å². The molecule has 1 rings (SSSR count). The van der Waals surface area contributed by atoms with Crippen molar-refractivity contribution >= 4 is 23.9 Å². The first kappa shape index (κ1) is 31.0. The third kappa shape index (κ3) is 12.2. The predicted octanol–water partition coefficient (Wildman–Crippen LogP) is 3.56. The number of rotatable bonds is 13. The molecule has 0 aliphatic heterocycles. The van der Waals surface area contributed by atoms with Gasteiger partial charge in [-0.05, 0) is 31.7 Å². The molecule has 0 spiro atoms. The van der Waals surface area contributed by atoms with E-state index in [0.717, 1.165) is 5.56 Å². The molecule has 0 aromatic heterocycles. The van der Waals surface area contributed by atoms with Gasteiger partial charge in [-0.15, -0.1) is 0 Å². The molecular formula is C26H32O9. The summed E-state index contributed by atoms with van der Waals surface area (Å²) in [6, 6.07) is 9.06. The molecule has 0 saturated heterocycles. The summed E-state index contributed by atoms with van der Waals surface area (Å²) < 4.78 is 0. The van der Waals surface area contributed by atoms with Crippen LogP contribution in [0.4, 0.5) is 0 Å². The third-order valence-corrected chi connectivity index (χ3v) is 4.92. The number of carboxylic acid groups (broad SMARTS) is 4. The summed E-state index contributed by atoms with van der Waals surface area (Å²) in [7, 11) is 0. The van der Waals surface area contributed by atoms with Crippen LogP contribution in [-0.4, -0.2) is 56.0 Å². The topological polar surface area (TPSA) is 169 Å². The molecule has 0 saturated carbocycles. The number of aliphatic hydroxyl groups excluding tert-OH is 1. The van der Waals surface area contributed by atoms with E-state index in [-0.39, 0.29) is 35.3 Å². The molecule has 1 aromatic carbocycles. The average Bonchev–Trinajstić information content (AvgIpc) is 2.79. The highest BCUT2D eigenvalue weighted by molar-refractivity contribution is 5.91. The first-order chi connectivity index (χ1) is 16.3. The number of hydrogen-bond acceptors (Lipinski definition) is 5. The second kappa shape index (κ2) is 15.8. The van der Waals surface area contributed by atoms with Crippen molar-refractivity contribution in [1.82, 2.24) is 0 Å². The number of carbonyl (C=O) groups is 4. The number of benzene rings is 1. The van der Waals surface area contributed by atoms with Gasteiger partial charge in [-0.3, -0.25) is 0 Å². The normalized spacial score (nSPS) is 13.0. The number of hydrogen-bond donors (Lipinski definition) is 5. The lowest BCUT2D eigenvalue weighted by Crippen LogP contribution is -2.17. The molecule has 0 heterocycles. The van der Waals surface area contributed by atoms with Crippen LogP contribution in [0.5, 0.6) is 0 Å². The maximum Gasteiger partial charge on any atom is 0.331 e.